The molecule has 2 heterocycles. The largest absolute Gasteiger partial charge is 0.505 e. The Morgan fingerprint density at radius 1 is 1.23 bits per heavy atom. The molecule has 0 fully saturated rings. The molecule has 26 heavy (non-hydrogen) atoms. The van der Waals surface area contributed by atoms with Gasteiger partial charge in [0.25, 0.3) is 10.0 Å². The molecule has 3 rings (SSSR count). The smallest absolute Gasteiger partial charge is 0.269 e. The van der Waals surface area contributed by atoms with Gasteiger partial charge in [-0.3, -0.25) is 4.31 Å². The Hall–Kier alpha value is -0.756. The van der Waals surface area contributed by atoms with Gasteiger partial charge in [-0.15, -0.1) is 11.3 Å². The number of fused-ring (bicyclic) bond motifs is 1. The van der Waals surface area contributed by atoms with Crippen LogP contribution in [-0.2, 0) is 49.2 Å². The van der Waals surface area contributed by atoms with Gasteiger partial charge in [-0.1, -0.05) is 45.0 Å². The third-order valence-electron chi connectivity index (χ3n) is 3.69. The monoisotopic (exact) mass is 470 g/mol. The van der Waals surface area contributed by atoms with Crippen molar-refractivity contribution in [3.05, 3.63) is 52.7 Å². The SMILES string of the molecule is CC.CCc1nc2c(s1)C(O)=C(c1ccccc1C)S(=O)(=O)N2C.[CH3-].[Y]. The quantitative estimate of drug-likeness (QED) is 0.649. The fourth-order valence-electron chi connectivity index (χ4n) is 2.44. The number of sulfonamides is 1. The van der Waals surface area contributed by atoms with Crippen molar-refractivity contribution in [2.24, 2.45) is 0 Å². The Morgan fingerprint density at radius 2 is 1.81 bits per heavy atom. The van der Waals surface area contributed by atoms with Crippen LogP contribution in [0.15, 0.2) is 24.3 Å². The minimum Gasteiger partial charge on any atom is -0.505 e. The summed E-state index contributed by atoms with van der Waals surface area (Å²) in [4.78, 5) is 4.78. The summed E-state index contributed by atoms with van der Waals surface area (Å²) in [7, 11) is -2.36. The number of aromatic nitrogens is 1. The summed E-state index contributed by atoms with van der Waals surface area (Å²) >= 11 is 1.33. The van der Waals surface area contributed by atoms with Crippen molar-refractivity contribution >= 4 is 37.8 Å². The first-order chi connectivity index (χ1) is 11.4. The molecular weight excluding hydrogens is 445 g/mol. The van der Waals surface area contributed by atoms with Gasteiger partial charge in [0.1, 0.15) is 9.78 Å². The molecule has 1 radical (unpaired) electrons. The van der Waals surface area contributed by atoms with E-state index in [1.807, 2.05) is 39.8 Å². The van der Waals surface area contributed by atoms with Crippen LogP contribution in [-0.4, -0.2) is 25.6 Å². The summed E-state index contributed by atoms with van der Waals surface area (Å²) in [6.45, 7) is 7.77. The van der Waals surface area contributed by atoms with Crippen LogP contribution >= 0.6 is 11.3 Å². The third kappa shape index (κ3) is 4.21. The average Bonchev–Trinajstić information content (AvgIpc) is 3.01. The molecule has 0 saturated carbocycles. The first-order valence-corrected chi connectivity index (χ1v) is 10.1. The van der Waals surface area contributed by atoms with Gasteiger partial charge in [-0.25, -0.2) is 13.4 Å². The molecule has 0 saturated heterocycles. The van der Waals surface area contributed by atoms with Crippen LogP contribution in [0.2, 0.25) is 0 Å². The molecule has 1 aliphatic heterocycles. The van der Waals surface area contributed by atoms with Crippen molar-refractivity contribution in [1.82, 2.24) is 4.98 Å². The standard InChI is InChI=1S/C15H16N2O3S2.C2H6.CH3.Y/c1-4-11-16-15-13(21-11)12(18)14(22(19,20)17(15)3)10-8-6-5-7-9(10)2;1-2;;/h5-8,18H,4H2,1-3H3;1-2H3;1H3;/q;;-1;. The molecule has 1 aliphatic rings. The van der Waals surface area contributed by atoms with Crippen molar-refractivity contribution in [3.63, 3.8) is 0 Å². The number of aliphatic hydroxyl groups excluding tert-OH is 1. The predicted molar refractivity (Wildman–Crippen MR) is 107 cm³/mol. The summed E-state index contributed by atoms with van der Waals surface area (Å²) in [6.07, 6.45) is 0.693. The summed E-state index contributed by atoms with van der Waals surface area (Å²) in [5, 5.41) is 11.4. The van der Waals surface area contributed by atoms with E-state index in [0.717, 1.165) is 14.9 Å². The van der Waals surface area contributed by atoms with Crippen molar-refractivity contribution in [2.75, 3.05) is 11.4 Å². The molecule has 1 N–H and O–H groups in total. The van der Waals surface area contributed by atoms with Crippen molar-refractivity contribution in [3.8, 4) is 0 Å². The molecule has 8 heteroatoms. The number of nitrogens with zero attached hydrogens (tertiary/aromatic N) is 2. The number of hydrogen-bond acceptors (Lipinski definition) is 5. The zero-order chi connectivity index (χ0) is 18.1. The van der Waals surface area contributed by atoms with Crippen LogP contribution in [0.1, 0.15) is 41.8 Å². The molecule has 2 aromatic rings. The van der Waals surface area contributed by atoms with Crippen LogP contribution in [0.5, 0.6) is 0 Å². The second-order valence-electron chi connectivity index (χ2n) is 5.08. The Morgan fingerprint density at radius 3 is 2.35 bits per heavy atom. The van der Waals surface area contributed by atoms with Gasteiger partial charge in [-0.2, -0.15) is 0 Å². The molecule has 0 atom stereocenters. The van der Waals surface area contributed by atoms with E-state index in [9.17, 15) is 13.5 Å². The second-order valence-corrected chi connectivity index (χ2v) is 8.07. The van der Waals surface area contributed by atoms with Gasteiger partial charge in [0.2, 0.25) is 0 Å². The van der Waals surface area contributed by atoms with Crippen LogP contribution in [0.4, 0.5) is 5.82 Å². The topological polar surface area (TPSA) is 70.5 Å². The number of aliphatic hydroxyl groups is 1. The third-order valence-corrected chi connectivity index (χ3v) is 6.71. The molecule has 1 aromatic heterocycles. The first-order valence-electron chi connectivity index (χ1n) is 7.86. The van der Waals surface area contributed by atoms with Gasteiger partial charge in [0, 0.05) is 45.3 Å². The van der Waals surface area contributed by atoms with Crippen molar-refractivity contribution in [2.45, 2.75) is 34.1 Å². The molecule has 1 aromatic carbocycles. The molecule has 5 nitrogen and oxygen atoms in total. The van der Waals surface area contributed by atoms with Gasteiger partial charge in [0.15, 0.2) is 11.6 Å². The van der Waals surface area contributed by atoms with Gasteiger partial charge < -0.3 is 12.5 Å². The van der Waals surface area contributed by atoms with E-state index in [4.69, 9.17) is 0 Å². The number of benzene rings is 1. The molecular formula is C18H25N2O3S2Y-. The summed E-state index contributed by atoms with van der Waals surface area (Å²) < 4.78 is 26.8. The Kier molecular flexibility index (Phi) is 9.68. The molecule has 0 aliphatic carbocycles. The molecule has 0 spiro atoms. The van der Waals surface area contributed by atoms with E-state index in [2.05, 4.69) is 4.98 Å². The predicted octanol–water partition coefficient (Wildman–Crippen LogP) is 4.65. The van der Waals surface area contributed by atoms with Crippen molar-refractivity contribution < 1.29 is 46.2 Å². The normalized spacial score (nSPS) is 14.4. The van der Waals surface area contributed by atoms with Gasteiger partial charge in [0.05, 0.1) is 5.01 Å². The summed E-state index contributed by atoms with van der Waals surface area (Å²) in [5.74, 6) is 0.0938. The maximum atomic E-state index is 12.8. The molecule has 141 valence electrons. The number of hydrogen-bond donors (Lipinski definition) is 1. The number of aryl methyl sites for hydroxylation is 2. The van der Waals surface area contributed by atoms with Crippen LogP contribution in [0.3, 0.4) is 0 Å². The first kappa shape index (κ1) is 25.2. The zero-order valence-corrected chi connectivity index (χ0v) is 20.5. The Balaban J connectivity index is 0.00000151. The number of anilines is 1. The van der Waals surface area contributed by atoms with Gasteiger partial charge in [-0.05, 0) is 18.9 Å². The average molecular weight is 470 g/mol. The zero-order valence-electron chi connectivity index (χ0n) is 16.1. The maximum absolute atomic E-state index is 12.8. The van der Waals surface area contributed by atoms with E-state index >= 15 is 0 Å². The van der Waals surface area contributed by atoms with E-state index in [0.29, 0.717) is 22.7 Å². The van der Waals surface area contributed by atoms with Crippen LogP contribution in [0, 0.1) is 14.4 Å². The molecule has 0 amide bonds. The summed E-state index contributed by atoms with van der Waals surface area (Å²) in [5.41, 5.74) is 1.31. The van der Waals surface area contributed by atoms with Crippen molar-refractivity contribution in [1.29, 1.82) is 0 Å². The van der Waals surface area contributed by atoms with Crippen LogP contribution in [0.25, 0.3) is 10.7 Å². The van der Waals surface area contributed by atoms with Crippen LogP contribution < -0.4 is 4.31 Å². The van der Waals surface area contributed by atoms with E-state index < -0.39 is 10.0 Å². The Labute approximate surface area is 186 Å². The minimum atomic E-state index is -3.83. The maximum Gasteiger partial charge on any atom is 0.269 e. The Bertz CT molecular complexity index is 890. The van der Waals surface area contributed by atoms with E-state index in [1.165, 1.54) is 18.4 Å². The number of rotatable bonds is 2. The minimum absolute atomic E-state index is 0. The summed E-state index contributed by atoms with van der Waals surface area (Å²) in [6, 6.07) is 7.13. The second kappa shape index (κ2) is 9.97. The van der Waals surface area contributed by atoms with Gasteiger partial charge >= 0.3 is 0 Å². The fraction of sp³-hybridized carbons (Fsp3) is 0.333. The van der Waals surface area contributed by atoms with E-state index in [1.54, 1.807) is 12.1 Å². The molecule has 0 unspecified atom stereocenters. The fourth-order valence-corrected chi connectivity index (χ4v) is 5.04. The molecule has 0 bridgehead atoms. The van der Waals surface area contributed by atoms with E-state index in [-0.39, 0.29) is 50.8 Å². The number of thiazole rings is 1.